The van der Waals surface area contributed by atoms with E-state index in [9.17, 15) is 4.79 Å². The molecule has 1 aromatic rings. The van der Waals surface area contributed by atoms with E-state index in [1.807, 2.05) is 12.1 Å². The van der Waals surface area contributed by atoms with E-state index in [2.05, 4.69) is 38.2 Å². The van der Waals surface area contributed by atoms with Crippen LogP contribution in [0.25, 0.3) is 0 Å². The second-order valence-electron chi connectivity index (χ2n) is 6.50. The highest BCUT2D eigenvalue weighted by atomic mass is 16.5. The molecule has 2 amide bonds. The summed E-state index contributed by atoms with van der Waals surface area (Å²) in [5, 5.41) is 11.8. The second kappa shape index (κ2) is 8.03. The number of nitrogens with zero attached hydrogens (tertiary/aromatic N) is 1. The minimum Gasteiger partial charge on any atom is -0.492 e. The number of urea groups is 1. The fraction of sp³-hybridized carbons (Fsp3) is 0.588. The highest BCUT2D eigenvalue weighted by Crippen LogP contribution is 2.24. The number of nitrogens with one attached hydrogen (secondary N) is 1. The summed E-state index contributed by atoms with van der Waals surface area (Å²) in [6, 6.07) is 7.60. The Bertz CT molecular complexity index is 466. The molecule has 2 N–H and O–H groups in total. The Kier molecular flexibility index (Phi) is 6.68. The third-order valence-electron chi connectivity index (χ3n) is 3.61. The first kappa shape index (κ1) is 18.3. The molecule has 0 aromatic heterocycles. The van der Waals surface area contributed by atoms with Gasteiger partial charge in [0.05, 0.1) is 19.2 Å². The molecule has 0 aliphatic carbocycles. The molecule has 0 aliphatic heterocycles. The lowest BCUT2D eigenvalue weighted by atomic mass is 9.87. The summed E-state index contributed by atoms with van der Waals surface area (Å²) in [6.07, 6.45) is 0. The molecule has 5 nitrogen and oxygen atoms in total. The van der Waals surface area contributed by atoms with E-state index in [1.54, 1.807) is 14.0 Å². The predicted molar refractivity (Wildman–Crippen MR) is 88.3 cm³/mol. The molecule has 0 radical (unpaired) electrons. The summed E-state index contributed by atoms with van der Waals surface area (Å²) in [5.74, 6) is 0.791. The molecule has 0 fully saturated rings. The SMILES string of the molecule is CC(CO)N(C)C(=O)NCCOc1ccc(C(C)(C)C)cc1. The molecule has 0 spiro atoms. The number of likely N-dealkylation sites (N-methyl/N-ethyl adjacent to an activating group) is 1. The number of ether oxygens (including phenoxy) is 1. The monoisotopic (exact) mass is 308 g/mol. The fourth-order valence-corrected chi connectivity index (χ4v) is 1.83. The lowest BCUT2D eigenvalue weighted by Gasteiger charge is -2.23. The van der Waals surface area contributed by atoms with E-state index in [1.165, 1.54) is 10.5 Å². The summed E-state index contributed by atoms with van der Waals surface area (Å²) in [5.41, 5.74) is 1.38. The van der Waals surface area contributed by atoms with Gasteiger partial charge in [-0.25, -0.2) is 4.79 Å². The van der Waals surface area contributed by atoms with E-state index in [-0.39, 0.29) is 24.1 Å². The van der Waals surface area contributed by atoms with Gasteiger partial charge in [-0.1, -0.05) is 32.9 Å². The van der Waals surface area contributed by atoms with Crippen molar-refractivity contribution in [2.45, 2.75) is 39.2 Å². The van der Waals surface area contributed by atoms with Gasteiger partial charge < -0.3 is 20.1 Å². The van der Waals surface area contributed by atoms with Gasteiger partial charge in [0.25, 0.3) is 0 Å². The molecule has 0 aliphatic rings. The van der Waals surface area contributed by atoms with Crippen molar-refractivity contribution in [3.63, 3.8) is 0 Å². The molecule has 0 saturated heterocycles. The van der Waals surface area contributed by atoms with Crippen molar-refractivity contribution in [1.29, 1.82) is 0 Å². The third kappa shape index (κ3) is 5.56. The lowest BCUT2D eigenvalue weighted by Crippen LogP contribution is -2.44. The van der Waals surface area contributed by atoms with E-state index in [0.29, 0.717) is 13.2 Å². The standard InChI is InChI=1S/C17H28N2O3/c1-13(12-20)19(5)16(21)18-10-11-22-15-8-6-14(7-9-15)17(2,3)4/h6-9,13,20H,10-12H2,1-5H3,(H,18,21). The van der Waals surface area contributed by atoms with Gasteiger partial charge in [0, 0.05) is 7.05 Å². The molecule has 0 saturated carbocycles. The van der Waals surface area contributed by atoms with Gasteiger partial charge in [0.2, 0.25) is 0 Å². The number of carbonyl (C=O) groups is 1. The minimum absolute atomic E-state index is 0.0550. The van der Waals surface area contributed by atoms with Crippen LogP contribution in [0, 0.1) is 0 Å². The maximum atomic E-state index is 11.8. The van der Waals surface area contributed by atoms with Crippen LogP contribution in [0.4, 0.5) is 4.79 Å². The first-order chi connectivity index (χ1) is 10.3. The lowest BCUT2D eigenvalue weighted by molar-refractivity contribution is 0.156. The quantitative estimate of drug-likeness (QED) is 0.793. The van der Waals surface area contributed by atoms with Crippen molar-refractivity contribution >= 4 is 6.03 Å². The summed E-state index contributed by atoms with van der Waals surface area (Å²) >= 11 is 0. The zero-order chi connectivity index (χ0) is 16.8. The van der Waals surface area contributed by atoms with Gasteiger partial charge in [0.15, 0.2) is 0 Å². The van der Waals surface area contributed by atoms with Gasteiger partial charge >= 0.3 is 6.03 Å². The number of hydrogen-bond donors (Lipinski definition) is 2. The van der Waals surface area contributed by atoms with E-state index in [0.717, 1.165) is 5.75 Å². The number of aliphatic hydroxyl groups is 1. The summed E-state index contributed by atoms with van der Waals surface area (Å²) in [6.45, 7) is 9.06. The third-order valence-corrected chi connectivity index (χ3v) is 3.61. The van der Waals surface area contributed by atoms with Crippen molar-refractivity contribution in [3.05, 3.63) is 29.8 Å². The highest BCUT2D eigenvalue weighted by Gasteiger charge is 2.14. The average molecular weight is 308 g/mol. The van der Waals surface area contributed by atoms with Crippen molar-refractivity contribution in [1.82, 2.24) is 10.2 Å². The van der Waals surface area contributed by atoms with Crippen LogP contribution in [-0.4, -0.2) is 48.9 Å². The number of aliphatic hydroxyl groups excluding tert-OH is 1. The minimum atomic E-state index is -0.215. The van der Waals surface area contributed by atoms with Gasteiger partial charge in [-0.2, -0.15) is 0 Å². The molecule has 1 aromatic carbocycles. The Morgan fingerprint density at radius 1 is 1.32 bits per heavy atom. The fourth-order valence-electron chi connectivity index (χ4n) is 1.83. The molecule has 1 atom stereocenters. The molecule has 0 heterocycles. The topological polar surface area (TPSA) is 61.8 Å². The number of benzene rings is 1. The summed E-state index contributed by atoms with van der Waals surface area (Å²) in [4.78, 5) is 13.2. The predicted octanol–water partition coefficient (Wildman–Crippen LogP) is 2.39. The average Bonchev–Trinajstić information content (AvgIpc) is 2.49. The Hall–Kier alpha value is -1.75. The van der Waals surface area contributed by atoms with Crippen LogP contribution in [0.3, 0.4) is 0 Å². The molecule has 1 rings (SSSR count). The van der Waals surface area contributed by atoms with Crippen LogP contribution in [0.1, 0.15) is 33.3 Å². The van der Waals surface area contributed by atoms with Crippen LogP contribution in [0.5, 0.6) is 5.75 Å². The zero-order valence-electron chi connectivity index (χ0n) is 14.2. The van der Waals surface area contributed by atoms with Crippen LogP contribution in [0.2, 0.25) is 0 Å². The van der Waals surface area contributed by atoms with Crippen molar-refractivity contribution in [2.24, 2.45) is 0 Å². The van der Waals surface area contributed by atoms with Gasteiger partial charge in [-0.15, -0.1) is 0 Å². The zero-order valence-corrected chi connectivity index (χ0v) is 14.2. The molecule has 124 valence electrons. The Morgan fingerprint density at radius 3 is 2.41 bits per heavy atom. The number of rotatable bonds is 6. The molecular weight excluding hydrogens is 280 g/mol. The van der Waals surface area contributed by atoms with Crippen LogP contribution >= 0.6 is 0 Å². The van der Waals surface area contributed by atoms with Crippen molar-refractivity contribution < 1.29 is 14.6 Å². The molecule has 22 heavy (non-hydrogen) atoms. The normalized spacial score (nSPS) is 12.6. The first-order valence-electron chi connectivity index (χ1n) is 7.60. The van der Waals surface area contributed by atoms with Gasteiger partial charge in [0.1, 0.15) is 12.4 Å². The van der Waals surface area contributed by atoms with E-state index >= 15 is 0 Å². The van der Waals surface area contributed by atoms with Crippen molar-refractivity contribution in [3.8, 4) is 5.75 Å². The van der Waals surface area contributed by atoms with Gasteiger partial charge in [-0.3, -0.25) is 0 Å². The number of amides is 2. The Labute approximate surface area is 133 Å². The Morgan fingerprint density at radius 2 is 1.91 bits per heavy atom. The summed E-state index contributed by atoms with van der Waals surface area (Å²) in [7, 11) is 1.66. The summed E-state index contributed by atoms with van der Waals surface area (Å²) < 4.78 is 5.61. The maximum Gasteiger partial charge on any atom is 0.317 e. The smallest absolute Gasteiger partial charge is 0.317 e. The largest absolute Gasteiger partial charge is 0.492 e. The maximum absolute atomic E-state index is 11.8. The van der Waals surface area contributed by atoms with Crippen LogP contribution in [-0.2, 0) is 5.41 Å². The Balaban J connectivity index is 2.34. The second-order valence-corrected chi connectivity index (χ2v) is 6.50. The van der Waals surface area contributed by atoms with Crippen LogP contribution in [0.15, 0.2) is 24.3 Å². The van der Waals surface area contributed by atoms with Crippen molar-refractivity contribution in [2.75, 3.05) is 26.8 Å². The van der Waals surface area contributed by atoms with E-state index in [4.69, 9.17) is 9.84 Å². The number of carbonyl (C=O) groups excluding carboxylic acids is 1. The number of hydrogen-bond acceptors (Lipinski definition) is 3. The first-order valence-corrected chi connectivity index (χ1v) is 7.60. The molecule has 5 heteroatoms. The molecular formula is C17H28N2O3. The van der Waals surface area contributed by atoms with Gasteiger partial charge in [-0.05, 0) is 30.0 Å². The highest BCUT2D eigenvalue weighted by molar-refractivity contribution is 5.74. The van der Waals surface area contributed by atoms with E-state index < -0.39 is 0 Å². The van der Waals surface area contributed by atoms with Crippen LogP contribution < -0.4 is 10.1 Å². The molecule has 1 unspecified atom stereocenters. The molecule has 0 bridgehead atoms.